The molecule has 0 bridgehead atoms. The third-order valence-electron chi connectivity index (χ3n) is 2.96. The quantitative estimate of drug-likeness (QED) is 0.482. The first-order chi connectivity index (χ1) is 8.63. The van der Waals surface area contributed by atoms with Crippen molar-refractivity contribution >= 4 is 33.5 Å². The Bertz CT molecular complexity index is 361. The highest BCUT2D eigenvalue weighted by atomic mass is 79.9. The second kappa shape index (κ2) is 8.76. The van der Waals surface area contributed by atoms with Gasteiger partial charge in [0.1, 0.15) is 0 Å². The number of halogens is 1. The number of ketones is 1. The Balaban J connectivity index is 2.19. The topological polar surface area (TPSA) is 17.1 Å². The Labute approximate surface area is 123 Å². The van der Waals surface area contributed by atoms with Crippen LogP contribution in [0.2, 0.25) is 0 Å². The highest BCUT2D eigenvalue weighted by Crippen LogP contribution is 2.15. The van der Waals surface area contributed by atoms with E-state index >= 15 is 0 Å². The third kappa shape index (κ3) is 6.05. The molecule has 1 atom stereocenters. The molecular weight excluding hydrogens is 308 g/mol. The van der Waals surface area contributed by atoms with Crippen LogP contribution in [0.1, 0.15) is 43.5 Å². The highest BCUT2D eigenvalue weighted by Gasteiger charge is 2.05. The smallest absolute Gasteiger partial charge is 0.162 e. The molecule has 0 amide bonds. The Hall–Kier alpha value is -0.280. The van der Waals surface area contributed by atoms with Crippen LogP contribution < -0.4 is 0 Å². The predicted octanol–water partition coefficient (Wildman–Crippen LogP) is 5.19. The number of thioether (sulfide) groups is 1. The second-order valence-electron chi connectivity index (χ2n) is 4.62. The zero-order chi connectivity index (χ0) is 13.4. The van der Waals surface area contributed by atoms with Crippen molar-refractivity contribution in [3.63, 3.8) is 0 Å². The summed E-state index contributed by atoms with van der Waals surface area (Å²) in [5, 5.41) is 0. The largest absolute Gasteiger partial charge is 0.294 e. The van der Waals surface area contributed by atoms with Gasteiger partial charge in [0.05, 0.1) is 0 Å². The number of rotatable bonds is 8. The molecule has 1 nitrogen and oxygen atoms in total. The Kier molecular flexibility index (Phi) is 7.68. The Morgan fingerprint density at radius 1 is 1.33 bits per heavy atom. The molecule has 0 aromatic heterocycles. The summed E-state index contributed by atoms with van der Waals surface area (Å²) in [7, 11) is 0. The first-order valence-electron chi connectivity index (χ1n) is 6.50. The molecule has 18 heavy (non-hydrogen) atoms. The van der Waals surface area contributed by atoms with Crippen molar-refractivity contribution in [2.75, 3.05) is 11.5 Å². The fourth-order valence-corrected chi connectivity index (χ4v) is 2.93. The summed E-state index contributed by atoms with van der Waals surface area (Å²) in [6.45, 7) is 4.50. The van der Waals surface area contributed by atoms with Crippen LogP contribution in [0.5, 0.6) is 0 Å². The summed E-state index contributed by atoms with van der Waals surface area (Å²) < 4.78 is 1.02. The number of Topliss-reactive ketones (excluding diaryl/α,β-unsaturated/α-hetero) is 1. The lowest BCUT2D eigenvalue weighted by atomic mass is 10.1. The molecule has 0 heterocycles. The lowest BCUT2D eigenvalue weighted by Gasteiger charge is -2.07. The van der Waals surface area contributed by atoms with Gasteiger partial charge in [-0.1, -0.05) is 48.3 Å². The molecule has 0 aliphatic heterocycles. The molecular formula is C15H21BrOS. The molecule has 100 valence electrons. The molecule has 0 N–H and O–H groups in total. The van der Waals surface area contributed by atoms with Gasteiger partial charge in [-0.25, -0.2) is 0 Å². The molecule has 0 aliphatic rings. The van der Waals surface area contributed by atoms with Crippen molar-refractivity contribution in [3.8, 4) is 0 Å². The minimum Gasteiger partial charge on any atom is -0.294 e. The summed E-state index contributed by atoms with van der Waals surface area (Å²) in [6, 6.07) is 7.62. The van der Waals surface area contributed by atoms with Crippen LogP contribution in [0.3, 0.4) is 0 Å². The van der Waals surface area contributed by atoms with Gasteiger partial charge < -0.3 is 0 Å². The number of benzene rings is 1. The van der Waals surface area contributed by atoms with Crippen LogP contribution in [0.4, 0.5) is 0 Å². The van der Waals surface area contributed by atoms with Gasteiger partial charge in [0, 0.05) is 16.5 Å². The standard InChI is InChI=1S/C15H21BrOS/c1-3-12(2)11-18-10-4-5-15(17)13-6-8-14(16)9-7-13/h6-9,12H,3-5,10-11H2,1-2H3. The highest BCUT2D eigenvalue weighted by molar-refractivity contribution is 9.10. The van der Waals surface area contributed by atoms with Crippen molar-refractivity contribution in [1.82, 2.24) is 0 Å². The number of carbonyl (C=O) groups excluding carboxylic acids is 1. The van der Waals surface area contributed by atoms with E-state index in [1.54, 1.807) is 0 Å². The minimum atomic E-state index is 0.256. The van der Waals surface area contributed by atoms with E-state index in [2.05, 4.69) is 29.8 Å². The molecule has 0 saturated carbocycles. The second-order valence-corrected chi connectivity index (χ2v) is 6.69. The van der Waals surface area contributed by atoms with Crippen molar-refractivity contribution in [2.24, 2.45) is 5.92 Å². The first-order valence-corrected chi connectivity index (χ1v) is 8.44. The lowest BCUT2D eigenvalue weighted by Crippen LogP contribution is -2.01. The minimum absolute atomic E-state index is 0.256. The maximum absolute atomic E-state index is 11.9. The Morgan fingerprint density at radius 3 is 2.61 bits per heavy atom. The zero-order valence-electron chi connectivity index (χ0n) is 11.1. The van der Waals surface area contributed by atoms with E-state index in [0.29, 0.717) is 6.42 Å². The van der Waals surface area contributed by atoms with E-state index in [-0.39, 0.29) is 5.78 Å². The summed E-state index contributed by atoms with van der Waals surface area (Å²) in [6.07, 6.45) is 2.88. The van der Waals surface area contributed by atoms with Crippen molar-refractivity contribution in [2.45, 2.75) is 33.1 Å². The molecule has 1 aromatic carbocycles. The normalized spacial score (nSPS) is 12.4. The molecule has 1 aromatic rings. The fourth-order valence-electron chi connectivity index (χ4n) is 1.52. The van der Waals surface area contributed by atoms with E-state index in [4.69, 9.17) is 0 Å². The number of carbonyl (C=O) groups is 1. The van der Waals surface area contributed by atoms with Crippen LogP contribution in [0.25, 0.3) is 0 Å². The van der Waals surface area contributed by atoms with Crippen LogP contribution in [-0.2, 0) is 0 Å². The van der Waals surface area contributed by atoms with E-state index < -0.39 is 0 Å². The summed E-state index contributed by atoms with van der Waals surface area (Å²) in [5.74, 6) is 3.35. The molecule has 3 heteroatoms. The molecule has 0 fully saturated rings. The van der Waals surface area contributed by atoms with E-state index in [1.807, 2.05) is 36.0 Å². The monoisotopic (exact) mass is 328 g/mol. The average molecular weight is 329 g/mol. The summed E-state index contributed by atoms with van der Waals surface area (Å²) >= 11 is 5.34. The van der Waals surface area contributed by atoms with Crippen molar-refractivity contribution in [1.29, 1.82) is 0 Å². The van der Waals surface area contributed by atoms with Gasteiger partial charge in [0.25, 0.3) is 0 Å². The fraction of sp³-hybridized carbons (Fsp3) is 0.533. The molecule has 0 spiro atoms. The van der Waals surface area contributed by atoms with Gasteiger partial charge in [0.15, 0.2) is 5.78 Å². The van der Waals surface area contributed by atoms with E-state index in [9.17, 15) is 4.79 Å². The van der Waals surface area contributed by atoms with Gasteiger partial charge in [-0.3, -0.25) is 4.79 Å². The van der Waals surface area contributed by atoms with Gasteiger partial charge >= 0.3 is 0 Å². The Morgan fingerprint density at radius 2 is 2.00 bits per heavy atom. The van der Waals surface area contributed by atoms with Gasteiger partial charge in [-0.2, -0.15) is 11.8 Å². The van der Waals surface area contributed by atoms with Gasteiger partial charge in [0.2, 0.25) is 0 Å². The number of hydrogen-bond donors (Lipinski definition) is 0. The van der Waals surface area contributed by atoms with Crippen molar-refractivity contribution in [3.05, 3.63) is 34.3 Å². The molecule has 0 radical (unpaired) electrons. The van der Waals surface area contributed by atoms with Gasteiger partial charge in [-0.15, -0.1) is 0 Å². The summed E-state index contributed by atoms with van der Waals surface area (Å²) in [5.41, 5.74) is 0.824. The first kappa shape index (κ1) is 15.8. The van der Waals surface area contributed by atoms with Crippen molar-refractivity contribution < 1.29 is 4.79 Å². The maximum Gasteiger partial charge on any atom is 0.162 e. The lowest BCUT2D eigenvalue weighted by molar-refractivity contribution is 0.0982. The molecule has 0 aliphatic carbocycles. The SMILES string of the molecule is CCC(C)CSCCCC(=O)c1ccc(Br)cc1. The van der Waals surface area contributed by atoms with Crippen LogP contribution in [0, 0.1) is 5.92 Å². The number of hydrogen-bond acceptors (Lipinski definition) is 2. The van der Waals surface area contributed by atoms with E-state index in [1.165, 1.54) is 12.2 Å². The molecule has 0 saturated heterocycles. The molecule has 1 unspecified atom stereocenters. The average Bonchev–Trinajstić information content (AvgIpc) is 2.38. The zero-order valence-corrected chi connectivity index (χ0v) is 13.5. The van der Waals surface area contributed by atoms with Gasteiger partial charge in [-0.05, 0) is 36.0 Å². The van der Waals surface area contributed by atoms with Crippen LogP contribution in [-0.4, -0.2) is 17.3 Å². The third-order valence-corrected chi connectivity index (χ3v) is 4.87. The van der Waals surface area contributed by atoms with E-state index in [0.717, 1.165) is 28.1 Å². The van der Waals surface area contributed by atoms with Crippen LogP contribution >= 0.6 is 27.7 Å². The maximum atomic E-state index is 11.9. The summed E-state index contributed by atoms with van der Waals surface area (Å²) in [4.78, 5) is 11.9. The predicted molar refractivity (Wildman–Crippen MR) is 84.5 cm³/mol. The molecule has 1 rings (SSSR count). The van der Waals surface area contributed by atoms with Crippen LogP contribution in [0.15, 0.2) is 28.7 Å².